The van der Waals surface area contributed by atoms with E-state index in [1.165, 1.54) is 0 Å². The summed E-state index contributed by atoms with van der Waals surface area (Å²) in [6, 6.07) is 6.11. The zero-order valence-electron chi connectivity index (χ0n) is 7.88. The lowest BCUT2D eigenvalue weighted by Gasteiger charge is -2.10. The second-order valence-electron chi connectivity index (χ2n) is 3.14. The fourth-order valence-electron chi connectivity index (χ4n) is 1.25. The molecular weight excluding hydrogens is 230 g/mol. The molecule has 0 fully saturated rings. The third-order valence-electron chi connectivity index (χ3n) is 1.78. The molecule has 72 valence electrons. The van der Waals surface area contributed by atoms with Crippen molar-refractivity contribution >= 4 is 15.9 Å². The molecule has 0 saturated carbocycles. The van der Waals surface area contributed by atoms with E-state index in [2.05, 4.69) is 15.9 Å². The fraction of sp³-hybridized carbons (Fsp3) is 0.400. The van der Waals surface area contributed by atoms with Crippen LogP contribution in [0.3, 0.4) is 0 Å². The highest BCUT2D eigenvalue weighted by atomic mass is 79.9. The number of ether oxygens (including phenoxy) is 1. The predicted octanol–water partition coefficient (Wildman–Crippen LogP) is 2.35. The van der Waals surface area contributed by atoms with Crippen LogP contribution in [0.2, 0.25) is 0 Å². The van der Waals surface area contributed by atoms with Gasteiger partial charge in [-0.05, 0) is 37.1 Å². The van der Waals surface area contributed by atoms with E-state index in [1.54, 1.807) is 7.11 Å². The number of hydrogen-bond donors (Lipinski definition) is 1. The molecule has 0 spiro atoms. The van der Waals surface area contributed by atoms with Gasteiger partial charge < -0.3 is 10.5 Å². The molecule has 3 heteroatoms. The van der Waals surface area contributed by atoms with Crippen LogP contribution < -0.4 is 10.5 Å². The van der Waals surface area contributed by atoms with Crippen LogP contribution in [0, 0.1) is 0 Å². The molecule has 2 nitrogen and oxygen atoms in total. The number of rotatable bonds is 3. The SMILES string of the molecule is COc1ccc(Br)cc1C[C@H](C)N. The van der Waals surface area contributed by atoms with Crippen LogP contribution in [-0.2, 0) is 6.42 Å². The quantitative estimate of drug-likeness (QED) is 0.885. The van der Waals surface area contributed by atoms with Crippen LogP contribution in [0.25, 0.3) is 0 Å². The van der Waals surface area contributed by atoms with E-state index in [0.29, 0.717) is 0 Å². The van der Waals surface area contributed by atoms with Gasteiger partial charge in [0.1, 0.15) is 5.75 Å². The summed E-state index contributed by atoms with van der Waals surface area (Å²) in [5.74, 6) is 0.903. The Bertz CT molecular complexity index is 286. The maximum absolute atomic E-state index is 5.73. The molecule has 0 amide bonds. The standard InChI is InChI=1S/C10H14BrNO/c1-7(12)5-8-6-9(11)3-4-10(8)13-2/h3-4,6-7H,5,12H2,1-2H3/t7-/m0/s1. The molecular formula is C10H14BrNO. The maximum Gasteiger partial charge on any atom is 0.122 e. The van der Waals surface area contributed by atoms with E-state index >= 15 is 0 Å². The number of hydrogen-bond acceptors (Lipinski definition) is 2. The third-order valence-corrected chi connectivity index (χ3v) is 2.28. The van der Waals surface area contributed by atoms with Crippen molar-refractivity contribution in [2.45, 2.75) is 19.4 Å². The number of nitrogens with two attached hydrogens (primary N) is 1. The zero-order chi connectivity index (χ0) is 9.84. The summed E-state index contributed by atoms with van der Waals surface area (Å²) >= 11 is 3.42. The molecule has 1 rings (SSSR count). The van der Waals surface area contributed by atoms with Crippen molar-refractivity contribution in [3.63, 3.8) is 0 Å². The van der Waals surface area contributed by atoms with Crippen LogP contribution in [0.4, 0.5) is 0 Å². The van der Waals surface area contributed by atoms with Crippen molar-refractivity contribution in [2.75, 3.05) is 7.11 Å². The Morgan fingerprint density at radius 1 is 1.54 bits per heavy atom. The second kappa shape index (κ2) is 4.63. The van der Waals surface area contributed by atoms with E-state index in [0.717, 1.165) is 22.2 Å². The summed E-state index contributed by atoms with van der Waals surface area (Å²) in [6.07, 6.45) is 0.836. The highest BCUT2D eigenvalue weighted by molar-refractivity contribution is 9.10. The normalized spacial score (nSPS) is 12.6. The van der Waals surface area contributed by atoms with E-state index in [9.17, 15) is 0 Å². The molecule has 1 aromatic rings. The molecule has 1 aromatic carbocycles. The molecule has 0 aliphatic carbocycles. The molecule has 0 aliphatic rings. The first kappa shape index (κ1) is 10.5. The monoisotopic (exact) mass is 243 g/mol. The van der Waals surface area contributed by atoms with Crippen molar-refractivity contribution in [3.8, 4) is 5.75 Å². The molecule has 1 atom stereocenters. The lowest BCUT2D eigenvalue weighted by Crippen LogP contribution is -2.18. The summed E-state index contributed by atoms with van der Waals surface area (Å²) in [6.45, 7) is 1.99. The first-order valence-electron chi connectivity index (χ1n) is 4.21. The van der Waals surface area contributed by atoms with Gasteiger partial charge >= 0.3 is 0 Å². The van der Waals surface area contributed by atoms with E-state index in [-0.39, 0.29) is 6.04 Å². The van der Waals surface area contributed by atoms with Gasteiger partial charge in [0.25, 0.3) is 0 Å². The molecule has 0 aliphatic heterocycles. The molecule has 0 unspecified atom stereocenters. The lowest BCUT2D eigenvalue weighted by atomic mass is 10.1. The Hall–Kier alpha value is -0.540. The largest absolute Gasteiger partial charge is 0.496 e. The highest BCUT2D eigenvalue weighted by Crippen LogP contribution is 2.23. The highest BCUT2D eigenvalue weighted by Gasteiger charge is 2.05. The van der Waals surface area contributed by atoms with Crippen molar-refractivity contribution in [1.29, 1.82) is 0 Å². The Kier molecular flexibility index (Phi) is 3.75. The van der Waals surface area contributed by atoms with Crippen LogP contribution in [0.5, 0.6) is 5.75 Å². The topological polar surface area (TPSA) is 35.2 Å². The second-order valence-corrected chi connectivity index (χ2v) is 4.05. The summed E-state index contributed by atoms with van der Waals surface area (Å²) in [7, 11) is 1.67. The third kappa shape index (κ3) is 3.01. The summed E-state index contributed by atoms with van der Waals surface area (Å²) in [4.78, 5) is 0. The average Bonchev–Trinajstić information content (AvgIpc) is 2.03. The Morgan fingerprint density at radius 2 is 2.23 bits per heavy atom. The van der Waals surface area contributed by atoms with Crippen LogP contribution in [0.15, 0.2) is 22.7 Å². The Labute approximate surface area is 87.2 Å². The molecule has 0 heterocycles. The van der Waals surface area contributed by atoms with Gasteiger partial charge in [-0.25, -0.2) is 0 Å². The maximum atomic E-state index is 5.73. The van der Waals surface area contributed by atoms with Gasteiger partial charge in [0.2, 0.25) is 0 Å². The van der Waals surface area contributed by atoms with Gasteiger partial charge in [0, 0.05) is 10.5 Å². The number of methoxy groups -OCH3 is 1. The smallest absolute Gasteiger partial charge is 0.122 e. The minimum absolute atomic E-state index is 0.156. The van der Waals surface area contributed by atoms with Crippen LogP contribution in [0.1, 0.15) is 12.5 Å². The average molecular weight is 244 g/mol. The summed E-state index contributed by atoms with van der Waals surface area (Å²) in [5, 5.41) is 0. The van der Waals surface area contributed by atoms with Gasteiger partial charge in [-0.2, -0.15) is 0 Å². The minimum Gasteiger partial charge on any atom is -0.496 e. The van der Waals surface area contributed by atoms with Crippen LogP contribution >= 0.6 is 15.9 Å². The summed E-state index contributed by atoms with van der Waals surface area (Å²) < 4.78 is 6.28. The molecule has 0 saturated heterocycles. The van der Waals surface area contributed by atoms with Gasteiger partial charge in [0.05, 0.1) is 7.11 Å². The van der Waals surface area contributed by atoms with Gasteiger partial charge in [-0.3, -0.25) is 0 Å². The molecule has 0 radical (unpaired) electrons. The molecule has 2 N–H and O–H groups in total. The summed E-state index contributed by atoms with van der Waals surface area (Å²) in [5.41, 5.74) is 6.87. The van der Waals surface area contributed by atoms with Crippen molar-refractivity contribution < 1.29 is 4.74 Å². The van der Waals surface area contributed by atoms with E-state index in [1.807, 2.05) is 25.1 Å². The van der Waals surface area contributed by atoms with Crippen molar-refractivity contribution in [1.82, 2.24) is 0 Å². The lowest BCUT2D eigenvalue weighted by molar-refractivity contribution is 0.408. The van der Waals surface area contributed by atoms with E-state index < -0.39 is 0 Å². The number of benzene rings is 1. The molecule has 13 heavy (non-hydrogen) atoms. The zero-order valence-corrected chi connectivity index (χ0v) is 9.47. The van der Waals surface area contributed by atoms with Gasteiger partial charge in [0.15, 0.2) is 0 Å². The number of halogens is 1. The van der Waals surface area contributed by atoms with Crippen molar-refractivity contribution in [3.05, 3.63) is 28.2 Å². The van der Waals surface area contributed by atoms with Gasteiger partial charge in [-0.15, -0.1) is 0 Å². The minimum atomic E-state index is 0.156. The molecule has 0 aromatic heterocycles. The van der Waals surface area contributed by atoms with Crippen LogP contribution in [-0.4, -0.2) is 13.2 Å². The van der Waals surface area contributed by atoms with Gasteiger partial charge in [-0.1, -0.05) is 15.9 Å². The Balaban J connectivity index is 2.94. The Morgan fingerprint density at radius 3 is 2.77 bits per heavy atom. The fourth-order valence-corrected chi connectivity index (χ4v) is 1.66. The first-order chi connectivity index (χ1) is 6.13. The van der Waals surface area contributed by atoms with E-state index in [4.69, 9.17) is 10.5 Å². The molecule has 0 bridgehead atoms. The predicted molar refractivity (Wildman–Crippen MR) is 58.0 cm³/mol. The first-order valence-corrected chi connectivity index (χ1v) is 5.00. The van der Waals surface area contributed by atoms with Crippen molar-refractivity contribution in [2.24, 2.45) is 5.73 Å².